The minimum absolute atomic E-state index is 0.00109. The molecule has 0 heterocycles. The van der Waals surface area contributed by atoms with Crippen LogP contribution in [0.1, 0.15) is 65.2 Å². The first-order valence-corrected chi connectivity index (χ1v) is 11.9. The van der Waals surface area contributed by atoms with Crippen LogP contribution in [0.5, 0.6) is 0 Å². The third-order valence-electron chi connectivity index (χ3n) is 10.3. The summed E-state index contributed by atoms with van der Waals surface area (Å²) < 4.78 is 11.4. The second kappa shape index (κ2) is 6.11. The zero-order valence-electron chi connectivity index (χ0n) is 17.8. The van der Waals surface area contributed by atoms with Crippen molar-refractivity contribution >= 4 is 11.9 Å². The third-order valence-corrected chi connectivity index (χ3v) is 10.3. The Bertz CT molecular complexity index is 759. The minimum atomic E-state index is -0.475. The Kier molecular flexibility index (Phi) is 3.88. The molecule has 7 unspecified atom stereocenters. The Morgan fingerprint density at radius 1 is 1.03 bits per heavy atom. The number of hydrogen-bond donors (Lipinski definition) is 0. The van der Waals surface area contributed by atoms with Crippen molar-refractivity contribution in [1.82, 2.24) is 0 Å². The molecule has 5 saturated carbocycles. The average Bonchev–Trinajstić information content (AvgIpc) is 3.50. The van der Waals surface area contributed by atoms with Crippen molar-refractivity contribution in [1.29, 1.82) is 0 Å². The SMILES string of the molecule is CC(C)(OC(=O)COC(=O)C1CC2CC1C1C3C=CC(C3)C21)C12CCC(CC1)C2. The molecular formula is C25H34O4. The van der Waals surface area contributed by atoms with Crippen molar-refractivity contribution in [2.45, 2.75) is 70.8 Å². The lowest BCUT2D eigenvalue weighted by molar-refractivity contribution is -0.180. The van der Waals surface area contributed by atoms with E-state index in [-0.39, 0.29) is 29.9 Å². The van der Waals surface area contributed by atoms with Crippen molar-refractivity contribution in [3.63, 3.8) is 0 Å². The van der Waals surface area contributed by atoms with Crippen LogP contribution in [0, 0.1) is 52.8 Å². The maximum absolute atomic E-state index is 12.8. The van der Waals surface area contributed by atoms with Gasteiger partial charge < -0.3 is 9.47 Å². The first kappa shape index (κ1) is 18.4. The number of rotatable bonds is 5. The van der Waals surface area contributed by atoms with Crippen LogP contribution in [0.15, 0.2) is 12.2 Å². The van der Waals surface area contributed by atoms with Gasteiger partial charge in [0.15, 0.2) is 6.61 Å². The molecule has 6 aliphatic carbocycles. The fourth-order valence-corrected chi connectivity index (χ4v) is 8.99. The summed E-state index contributed by atoms with van der Waals surface area (Å²) in [7, 11) is 0. The van der Waals surface area contributed by atoms with Gasteiger partial charge in [0.25, 0.3) is 0 Å². The van der Waals surface area contributed by atoms with Gasteiger partial charge in [0, 0.05) is 5.41 Å². The zero-order chi connectivity index (χ0) is 20.0. The van der Waals surface area contributed by atoms with E-state index in [2.05, 4.69) is 26.0 Å². The lowest BCUT2D eigenvalue weighted by Gasteiger charge is -2.42. The van der Waals surface area contributed by atoms with Crippen LogP contribution in [0.2, 0.25) is 0 Å². The molecule has 5 fully saturated rings. The summed E-state index contributed by atoms with van der Waals surface area (Å²) in [6.45, 7) is 3.88. The van der Waals surface area contributed by atoms with E-state index in [0.29, 0.717) is 23.7 Å². The molecule has 6 bridgehead atoms. The third kappa shape index (κ3) is 2.56. The van der Waals surface area contributed by atoms with Crippen molar-refractivity contribution in [2.24, 2.45) is 52.8 Å². The second-order valence-corrected chi connectivity index (χ2v) is 11.6. The molecule has 0 radical (unpaired) electrons. The van der Waals surface area contributed by atoms with E-state index < -0.39 is 5.60 Å². The van der Waals surface area contributed by atoms with Gasteiger partial charge in [-0.3, -0.25) is 4.79 Å². The molecule has 29 heavy (non-hydrogen) atoms. The van der Waals surface area contributed by atoms with E-state index in [0.717, 1.165) is 37.0 Å². The van der Waals surface area contributed by atoms with Crippen LogP contribution < -0.4 is 0 Å². The maximum Gasteiger partial charge on any atom is 0.344 e. The van der Waals surface area contributed by atoms with Gasteiger partial charge in [-0.2, -0.15) is 0 Å². The largest absolute Gasteiger partial charge is 0.457 e. The average molecular weight is 399 g/mol. The maximum atomic E-state index is 12.8. The van der Waals surface area contributed by atoms with E-state index in [1.54, 1.807) is 0 Å². The van der Waals surface area contributed by atoms with Gasteiger partial charge in [-0.15, -0.1) is 0 Å². The number of hydrogen-bond acceptors (Lipinski definition) is 4. The summed E-state index contributed by atoms with van der Waals surface area (Å²) in [4.78, 5) is 25.4. The molecule has 0 amide bonds. The van der Waals surface area contributed by atoms with E-state index in [4.69, 9.17) is 9.47 Å². The predicted octanol–water partition coefficient (Wildman–Crippen LogP) is 4.53. The molecule has 7 atom stereocenters. The second-order valence-electron chi connectivity index (χ2n) is 11.6. The summed E-state index contributed by atoms with van der Waals surface area (Å²) in [5, 5.41) is 0. The molecule has 4 nitrogen and oxygen atoms in total. The van der Waals surface area contributed by atoms with E-state index in [9.17, 15) is 9.59 Å². The fourth-order valence-electron chi connectivity index (χ4n) is 8.99. The molecule has 0 aromatic carbocycles. The van der Waals surface area contributed by atoms with Crippen LogP contribution in [0.3, 0.4) is 0 Å². The van der Waals surface area contributed by atoms with Gasteiger partial charge in [-0.05, 0) is 107 Å². The van der Waals surface area contributed by atoms with E-state index >= 15 is 0 Å². The summed E-state index contributed by atoms with van der Waals surface area (Å²) in [5.41, 5.74) is -0.344. The van der Waals surface area contributed by atoms with Gasteiger partial charge in [0.05, 0.1) is 5.92 Å². The van der Waals surface area contributed by atoms with Crippen LogP contribution in [0.25, 0.3) is 0 Å². The van der Waals surface area contributed by atoms with Gasteiger partial charge in [-0.1, -0.05) is 12.2 Å². The molecule has 0 spiro atoms. The highest BCUT2D eigenvalue weighted by Gasteiger charge is 2.62. The molecule has 0 aliphatic heterocycles. The molecule has 6 aliphatic rings. The Labute approximate surface area is 173 Å². The zero-order valence-corrected chi connectivity index (χ0v) is 17.8. The van der Waals surface area contributed by atoms with Gasteiger partial charge in [0.1, 0.15) is 5.60 Å². The van der Waals surface area contributed by atoms with Gasteiger partial charge in [0.2, 0.25) is 0 Å². The molecule has 0 saturated heterocycles. The Morgan fingerprint density at radius 2 is 1.76 bits per heavy atom. The summed E-state index contributed by atoms with van der Waals surface area (Å²) in [6, 6.07) is 0. The number of allylic oxidation sites excluding steroid dienone is 2. The van der Waals surface area contributed by atoms with Crippen molar-refractivity contribution in [3.8, 4) is 0 Å². The Balaban J connectivity index is 1.05. The number of carbonyl (C=O) groups excluding carboxylic acids is 2. The number of ether oxygens (including phenoxy) is 2. The quantitative estimate of drug-likeness (QED) is 0.388. The van der Waals surface area contributed by atoms with Gasteiger partial charge >= 0.3 is 11.9 Å². The lowest BCUT2D eigenvalue weighted by atomic mass is 9.69. The highest BCUT2D eigenvalue weighted by molar-refractivity contribution is 5.78. The topological polar surface area (TPSA) is 52.6 Å². The summed E-state index contributed by atoms with van der Waals surface area (Å²) in [6.07, 6.45) is 14.3. The van der Waals surface area contributed by atoms with Crippen LogP contribution in [0.4, 0.5) is 0 Å². The molecule has 0 aromatic rings. The molecule has 4 heteroatoms. The first-order valence-electron chi connectivity index (χ1n) is 11.9. The van der Waals surface area contributed by atoms with Crippen LogP contribution in [-0.4, -0.2) is 24.1 Å². The smallest absolute Gasteiger partial charge is 0.344 e. The van der Waals surface area contributed by atoms with Crippen LogP contribution in [-0.2, 0) is 19.1 Å². The summed E-state index contributed by atoms with van der Waals surface area (Å²) >= 11 is 0. The number of fused-ring (bicyclic) bond motifs is 11. The monoisotopic (exact) mass is 398 g/mol. The molecule has 0 aromatic heterocycles. The highest BCUT2D eigenvalue weighted by atomic mass is 16.6. The lowest BCUT2D eigenvalue weighted by Crippen LogP contribution is -2.45. The molecule has 0 N–H and O–H groups in total. The van der Waals surface area contributed by atoms with Gasteiger partial charge in [-0.25, -0.2) is 4.79 Å². The fraction of sp³-hybridized carbons (Fsp3) is 0.840. The number of carbonyl (C=O) groups is 2. The molecule has 158 valence electrons. The Morgan fingerprint density at radius 3 is 2.45 bits per heavy atom. The highest BCUT2D eigenvalue weighted by Crippen LogP contribution is 2.67. The van der Waals surface area contributed by atoms with Crippen molar-refractivity contribution < 1.29 is 19.1 Å². The Hall–Kier alpha value is -1.32. The molecule has 6 rings (SSSR count). The van der Waals surface area contributed by atoms with Crippen molar-refractivity contribution in [3.05, 3.63) is 12.2 Å². The van der Waals surface area contributed by atoms with E-state index in [1.165, 1.54) is 32.1 Å². The first-order chi connectivity index (χ1) is 13.9. The normalized spacial score (nSPS) is 48.3. The predicted molar refractivity (Wildman–Crippen MR) is 108 cm³/mol. The number of esters is 2. The summed E-state index contributed by atoms with van der Waals surface area (Å²) in [5.74, 6) is 4.38. The minimum Gasteiger partial charge on any atom is -0.457 e. The molecular weight excluding hydrogens is 364 g/mol. The van der Waals surface area contributed by atoms with E-state index in [1.807, 2.05) is 0 Å². The standard InChI is InChI=1S/C25H34O4/c1-24(2,25-7-5-14(12-25)6-8-25)29-20(26)13-28-23(27)19-11-17-10-18(19)22-16-4-3-15(9-16)21(17)22/h3-4,14-19,21-22H,5-13H2,1-2H3. The van der Waals surface area contributed by atoms with Crippen LogP contribution >= 0.6 is 0 Å². The van der Waals surface area contributed by atoms with Crippen molar-refractivity contribution in [2.75, 3.05) is 6.61 Å².